The maximum absolute atomic E-state index is 12.4. The highest BCUT2D eigenvalue weighted by Crippen LogP contribution is 2.35. The number of ether oxygens (including phenoxy) is 2. The van der Waals surface area contributed by atoms with Crippen LogP contribution in [0, 0.1) is 0 Å². The highest BCUT2D eigenvalue weighted by molar-refractivity contribution is 6.37. The molecule has 2 aromatic carbocycles. The van der Waals surface area contributed by atoms with Crippen LogP contribution in [0.5, 0.6) is 0 Å². The number of carbonyl (C=O) groups excluding carboxylic acids is 3. The molecule has 0 saturated heterocycles. The van der Waals surface area contributed by atoms with E-state index in [0.29, 0.717) is 59.6 Å². The van der Waals surface area contributed by atoms with Gasteiger partial charge in [0.25, 0.3) is 0 Å². The third-order valence-electron chi connectivity index (χ3n) is 6.77. The van der Waals surface area contributed by atoms with Crippen molar-refractivity contribution in [2.75, 3.05) is 33.0 Å². The number of hydrogen-bond donors (Lipinski definition) is 3. The minimum Gasteiger partial charge on any atom is -0.462 e. The smallest absolute Gasteiger partial charge is 0.340 e. The fourth-order valence-corrected chi connectivity index (χ4v) is 5.57. The highest BCUT2D eigenvalue weighted by atomic mass is 35.5. The predicted octanol–water partition coefficient (Wildman–Crippen LogP) is 8.63. The molecule has 5 rings (SSSR count). The van der Waals surface area contributed by atoms with Crippen molar-refractivity contribution in [1.29, 1.82) is 0 Å². The number of nitrogens with two attached hydrogens (primary N) is 1. The second-order valence-corrected chi connectivity index (χ2v) is 12.3. The Hall–Kier alpha value is -4.81. The third kappa shape index (κ3) is 9.45. The van der Waals surface area contributed by atoms with Crippen molar-refractivity contribution < 1.29 is 23.9 Å². The minimum atomic E-state index is -0.532. The summed E-state index contributed by atoms with van der Waals surface area (Å²) in [7, 11) is 3.61. The zero-order valence-electron chi connectivity index (χ0n) is 27.3. The summed E-state index contributed by atoms with van der Waals surface area (Å²) in [4.78, 5) is 52.9. The van der Waals surface area contributed by atoms with E-state index in [1.54, 1.807) is 87.6 Å². The summed E-state index contributed by atoms with van der Waals surface area (Å²) in [5.74, 6) is -1.13. The molecule has 3 aromatic heterocycles. The number of nitrogen functional groups attached to an aromatic ring is 1. The average molecular weight is 758 g/mol. The highest BCUT2D eigenvalue weighted by Gasteiger charge is 2.23. The fraction of sp³-hybridized carbons (Fsp3) is 0.171. The van der Waals surface area contributed by atoms with Gasteiger partial charge in [-0.15, -0.1) is 0 Å². The van der Waals surface area contributed by atoms with Gasteiger partial charge in [-0.25, -0.2) is 19.6 Å². The van der Waals surface area contributed by atoms with Gasteiger partial charge in [-0.1, -0.05) is 46.4 Å². The van der Waals surface area contributed by atoms with Crippen LogP contribution in [-0.2, 0) is 9.47 Å². The van der Waals surface area contributed by atoms with E-state index in [-0.39, 0.29) is 36.2 Å². The zero-order valence-corrected chi connectivity index (χ0v) is 30.3. The van der Waals surface area contributed by atoms with Crippen molar-refractivity contribution in [2.24, 2.45) is 0 Å². The van der Waals surface area contributed by atoms with E-state index in [2.05, 4.69) is 19.9 Å². The first-order valence-electron chi connectivity index (χ1n) is 15.0. The summed E-state index contributed by atoms with van der Waals surface area (Å²) in [6.45, 7) is 3.94. The standard InChI is InChI=1S/C18H18Cl2N2O3.C17H14Cl2N4O2/c1-4-25-18(24)13-10-15(16(23)7-8-22(2)3)21-17(13)12-6-5-11(19)9-14(12)20;1-2-25-16(24)11-8-14(13-5-6-21-17(20)23-13)22-15(11)10-4-3-9(18)7-12(10)19/h5-10,21H,4H2,1-3H3;3-8,22H,2H2,1H3,(H2,20,21,23)/b8-7+;. The van der Waals surface area contributed by atoms with Crippen molar-refractivity contribution in [3.8, 4) is 33.9 Å². The van der Waals surface area contributed by atoms with Crippen LogP contribution >= 0.6 is 46.4 Å². The molecular weight excluding hydrogens is 726 g/mol. The van der Waals surface area contributed by atoms with Gasteiger partial charge in [0.2, 0.25) is 11.7 Å². The molecule has 0 spiro atoms. The van der Waals surface area contributed by atoms with Crippen LogP contribution in [0.1, 0.15) is 45.1 Å². The number of aromatic amines is 2. The van der Waals surface area contributed by atoms with Gasteiger partial charge in [0, 0.05) is 53.7 Å². The largest absolute Gasteiger partial charge is 0.462 e. The fourth-order valence-electron chi connectivity index (χ4n) is 4.56. The number of allylic oxidation sites excluding steroid dienone is 1. The van der Waals surface area contributed by atoms with Crippen LogP contribution < -0.4 is 5.73 Å². The number of carbonyl (C=O) groups is 3. The summed E-state index contributed by atoms with van der Waals surface area (Å²) >= 11 is 24.4. The molecule has 0 unspecified atom stereocenters. The monoisotopic (exact) mass is 756 g/mol. The number of rotatable bonds is 10. The lowest BCUT2D eigenvalue weighted by molar-refractivity contribution is 0.0518. The van der Waals surface area contributed by atoms with Gasteiger partial charge in [0.15, 0.2) is 0 Å². The lowest BCUT2D eigenvalue weighted by Gasteiger charge is -2.06. The van der Waals surface area contributed by atoms with Crippen molar-refractivity contribution in [3.63, 3.8) is 0 Å². The number of halogens is 4. The number of ketones is 1. The van der Waals surface area contributed by atoms with E-state index in [1.807, 2.05) is 0 Å². The Morgan fingerprint density at radius 2 is 1.34 bits per heavy atom. The molecule has 0 atom stereocenters. The summed E-state index contributed by atoms with van der Waals surface area (Å²) in [6, 6.07) is 14.8. The molecule has 260 valence electrons. The maximum atomic E-state index is 12.4. The van der Waals surface area contributed by atoms with Crippen LogP contribution in [-0.4, -0.2) is 69.9 Å². The Morgan fingerprint density at radius 3 is 1.84 bits per heavy atom. The molecule has 0 saturated carbocycles. The Morgan fingerprint density at radius 1 is 0.800 bits per heavy atom. The van der Waals surface area contributed by atoms with Gasteiger partial charge in [0.05, 0.1) is 62.9 Å². The molecule has 0 fully saturated rings. The molecule has 50 heavy (non-hydrogen) atoms. The minimum absolute atomic E-state index is 0.135. The molecule has 5 aromatic rings. The molecule has 11 nitrogen and oxygen atoms in total. The molecule has 0 bridgehead atoms. The molecule has 0 aliphatic carbocycles. The van der Waals surface area contributed by atoms with Gasteiger partial charge in [-0.2, -0.15) is 0 Å². The summed E-state index contributed by atoms with van der Waals surface area (Å²) in [6.07, 6.45) is 4.58. The average Bonchev–Trinajstić information content (AvgIpc) is 3.70. The second kappa shape index (κ2) is 17.2. The van der Waals surface area contributed by atoms with Gasteiger partial charge < -0.3 is 30.1 Å². The topological polar surface area (TPSA) is 156 Å². The molecule has 0 radical (unpaired) electrons. The molecule has 3 heterocycles. The number of benzene rings is 2. The maximum Gasteiger partial charge on any atom is 0.340 e. The van der Waals surface area contributed by atoms with Crippen molar-refractivity contribution in [3.05, 3.63) is 110 Å². The molecule has 15 heteroatoms. The van der Waals surface area contributed by atoms with Crippen molar-refractivity contribution in [2.45, 2.75) is 13.8 Å². The Balaban J connectivity index is 0.000000225. The van der Waals surface area contributed by atoms with Gasteiger partial charge in [-0.05, 0) is 68.4 Å². The van der Waals surface area contributed by atoms with Gasteiger partial charge in [0.1, 0.15) is 0 Å². The number of anilines is 1. The van der Waals surface area contributed by atoms with Crippen molar-refractivity contribution >= 4 is 70.1 Å². The van der Waals surface area contributed by atoms with E-state index in [0.717, 1.165) is 0 Å². The number of aromatic nitrogens is 4. The number of nitrogens with zero attached hydrogens (tertiary/aromatic N) is 3. The van der Waals surface area contributed by atoms with E-state index < -0.39 is 11.9 Å². The predicted molar refractivity (Wildman–Crippen MR) is 197 cm³/mol. The number of nitrogens with one attached hydrogen (secondary N) is 2. The normalized spacial score (nSPS) is 10.8. The summed E-state index contributed by atoms with van der Waals surface area (Å²) in [5.41, 5.74) is 9.76. The first-order valence-corrected chi connectivity index (χ1v) is 16.5. The van der Waals surface area contributed by atoms with Crippen LogP contribution in [0.2, 0.25) is 20.1 Å². The SMILES string of the molecule is CCOC(=O)c1cc(-c2ccnc(N)n2)[nH]c1-c1ccc(Cl)cc1Cl.CCOC(=O)c1cc(C(=O)/C=C/N(C)C)[nH]c1-c1ccc(Cl)cc1Cl. The molecular formula is C35H32Cl4N6O5. The lowest BCUT2D eigenvalue weighted by Crippen LogP contribution is -2.05. The van der Waals surface area contributed by atoms with Crippen molar-refractivity contribution in [1.82, 2.24) is 24.8 Å². The van der Waals surface area contributed by atoms with E-state index in [4.69, 9.17) is 61.6 Å². The Bertz CT molecular complexity index is 2060. The zero-order chi connectivity index (χ0) is 36.5. The van der Waals surface area contributed by atoms with E-state index >= 15 is 0 Å². The first kappa shape index (κ1) is 38.0. The molecule has 4 N–H and O–H groups in total. The summed E-state index contributed by atoms with van der Waals surface area (Å²) < 4.78 is 10.2. The molecule has 0 amide bonds. The first-order chi connectivity index (χ1) is 23.8. The third-order valence-corrected chi connectivity index (χ3v) is 7.86. The molecule has 0 aliphatic heterocycles. The Kier molecular flexibility index (Phi) is 13.1. The van der Waals surface area contributed by atoms with Crippen LogP contribution in [0.3, 0.4) is 0 Å². The molecule has 0 aliphatic rings. The quantitative estimate of drug-likeness (QED) is 0.0721. The lowest BCUT2D eigenvalue weighted by atomic mass is 10.1. The van der Waals surface area contributed by atoms with Gasteiger partial charge in [-0.3, -0.25) is 4.79 Å². The number of hydrogen-bond acceptors (Lipinski definition) is 9. The van der Waals surface area contributed by atoms with E-state index in [1.165, 1.54) is 18.3 Å². The Labute approximate surface area is 308 Å². The van der Waals surface area contributed by atoms with Crippen LogP contribution in [0.25, 0.3) is 33.9 Å². The second-order valence-electron chi connectivity index (χ2n) is 10.6. The van der Waals surface area contributed by atoms with Crippen LogP contribution in [0.4, 0.5) is 5.95 Å². The van der Waals surface area contributed by atoms with Crippen LogP contribution in [0.15, 0.2) is 73.1 Å². The number of H-pyrrole nitrogens is 2. The van der Waals surface area contributed by atoms with Gasteiger partial charge >= 0.3 is 11.9 Å². The number of esters is 2. The van der Waals surface area contributed by atoms with E-state index in [9.17, 15) is 14.4 Å². The summed E-state index contributed by atoms with van der Waals surface area (Å²) in [5, 5.41) is 1.75.